The van der Waals surface area contributed by atoms with Gasteiger partial charge in [0, 0.05) is 18.7 Å². The van der Waals surface area contributed by atoms with Crippen molar-refractivity contribution in [3.63, 3.8) is 0 Å². The highest BCUT2D eigenvalue weighted by Crippen LogP contribution is 2.32. The van der Waals surface area contributed by atoms with Crippen LogP contribution in [-0.4, -0.2) is 31.1 Å². The number of aliphatic hydroxyl groups excluding tert-OH is 1. The molecule has 0 heterocycles. The van der Waals surface area contributed by atoms with Gasteiger partial charge in [-0.1, -0.05) is 12.5 Å². The number of hydrogen-bond acceptors (Lipinski definition) is 3. The zero-order chi connectivity index (χ0) is 15.6. The Morgan fingerprint density at radius 2 is 2.05 bits per heavy atom. The van der Waals surface area contributed by atoms with Gasteiger partial charge in [0.1, 0.15) is 21.5 Å². The highest BCUT2D eigenvalue weighted by molar-refractivity contribution is 7.91. The average Bonchev–Trinajstić information content (AvgIpc) is 2.41. The highest BCUT2D eigenvalue weighted by atomic mass is 32.2. The molecule has 3 atom stereocenters. The van der Waals surface area contributed by atoms with Gasteiger partial charge in [-0.25, -0.2) is 17.2 Å². The first-order valence-corrected chi connectivity index (χ1v) is 9.03. The van der Waals surface area contributed by atoms with Gasteiger partial charge < -0.3 is 5.11 Å². The van der Waals surface area contributed by atoms with E-state index in [0.29, 0.717) is 12.8 Å². The maximum atomic E-state index is 13.6. The summed E-state index contributed by atoms with van der Waals surface area (Å²) in [6, 6.07) is 3.28. The van der Waals surface area contributed by atoms with E-state index in [0.717, 1.165) is 25.0 Å². The molecule has 0 aliphatic heterocycles. The van der Waals surface area contributed by atoms with Crippen LogP contribution in [-0.2, 0) is 16.3 Å². The van der Waals surface area contributed by atoms with Gasteiger partial charge in [-0.3, -0.25) is 0 Å². The lowest BCUT2D eigenvalue weighted by atomic mass is 9.83. The van der Waals surface area contributed by atoms with Crippen molar-refractivity contribution in [2.24, 2.45) is 5.92 Å². The monoisotopic (exact) mass is 318 g/mol. The van der Waals surface area contributed by atoms with Crippen molar-refractivity contribution in [3.8, 4) is 0 Å². The van der Waals surface area contributed by atoms with E-state index in [-0.39, 0.29) is 17.9 Å². The molecule has 1 aliphatic carbocycles. The van der Waals surface area contributed by atoms with Crippen LogP contribution in [0.1, 0.15) is 31.2 Å². The molecule has 1 aliphatic rings. The van der Waals surface area contributed by atoms with Gasteiger partial charge in [-0.15, -0.1) is 0 Å². The first kappa shape index (κ1) is 16.4. The fourth-order valence-electron chi connectivity index (χ4n) is 3.00. The Labute approximate surface area is 123 Å². The lowest BCUT2D eigenvalue weighted by molar-refractivity contribution is 0.0851. The molecular formula is C15H20F2O3S. The Morgan fingerprint density at radius 3 is 2.67 bits per heavy atom. The number of rotatable bonds is 4. The Morgan fingerprint density at radius 1 is 1.33 bits per heavy atom. The molecule has 1 aromatic carbocycles. The van der Waals surface area contributed by atoms with E-state index in [1.165, 1.54) is 12.3 Å². The molecule has 0 radical (unpaired) electrons. The molecule has 0 saturated heterocycles. The fourth-order valence-corrected chi connectivity index (χ4v) is 4.19. The summed E-state index contributed by atoms with van der Waals surface area (Å²) in [5.74, 6) is -1.49. The lowest BCUT2D eigenvalue weighted by Gasteiger charge is -2.31. The molecule has 0 bridgehead atoms. The zero-order valence-corrected chi connectivity index (χ0v) is 12.7. The van der Waals surface area contributed by atoms with Crippen LogP contribution in [0.4, 0.5) is 8.78 Å². The molecule has 6 heteroatoms. The zero-order valence-electron chi connectivity index (χ0n) is 11.9. The van der Waals surface area contributed by atoms with Gasteiger partial charge in [0.25, 0.3) is 0 Å². The van der Waals surface area contributed by atoms with Crippen molar-refractivity contribution in [1.29, 1.82) is 0 Å². The van der Waals surface area contributed by atoms with Crippen molar-refractivity contribution in [2.45, 2.75) is 43.5 Å². The SMILES string of the molecule is CS(=O)(=O)C1CCCC(C(O)Cc2ccc(F)cc2F)C1. The summed E-state index contributed by atoms with van der Waals surface area (Å²) in [6.07, 6.45) is 2.98. The van der Waals surface area contributed by atoms with Crippen LogP contribution >= 0.6 is 0 Å². The van der Waals surface area contributed by atoms with Crippen molar-refractivity contribution < 1.29 is 22.3 Å². The molecule has 0 spiro atoms. The summed E-state index contributed by atoms with van der Waals surface area (Å²) in [5, 5.41) is 9.82. The third-order valence-electron chi connectivity index (χ3n) is 4.26. The fraction of sp³-hybridized carbons (Fsp3) is 0.600. The Kier molecular flexibility index (Phi) is 4.99. The summed E-state index contributed by atoms with van der Waals surface area (Å²) in [4.78, 5) is 0. The third-order valence-corrected chi connectivity index (χ3v) is 5.90. The van der Waals surface area contributed by atoms with E-state index in [4.69, 9.17) is 0 Å². The second-order valence-electron chi connectivity index (χ2n) is 5.89. The number of aliphatic hydroxyl groups is 1. The minimum atomic E-state index is -3.11. The first-order valence-electron chi connectivity index (χ1n) is 7.08. The first-order chi connectivity index (χ1) is 9.77. The van der Waals surface area contributed by atoms with Gasteiger partial charge in [-0.2, -0.15) is 0 Å². The lowest BCUT2D eigenvalue weighted by Crippen LogP contribution is -2.34. The van der Waals surface area contributed by atoms with Crippen molar-refractivity contribution >= 4 is 9.84 Å². The van der Waals surface area contributed by atoms with Crippen LogP contribution in [0, 0.1) is 17.6 Å². The van der Waals surface area contributed by atoms with E-state index >= 15 is 0 Å². The van der Waals surface area contributed by atoms with Crippen molar-refractivity contribution in [1.82, 2.24) is 0 Å². The number of hydrogen-bond donors (Lipinski definition) is 1. The normalized spacial score (nSPS) is 24.8. The molecule has 1 N–H and O–H groups in total. The van der Waals surface area contributed by atoms with Crippen LogP contribution in [0.5, 0.6) is 0 Å². The Balaban J connectivity index is 2.04. The maximum absolute atomic E-state index is 13.6. The molecule has 1 fully saturated rings. The standard InChI is InChI=1S/C15H20F2O3S/c1-21(19,20)13-4-2-3-11(7-13)15(18)8-10-5-6-12(16)9-14(10)17/h5-6,9,11,13,15,18H,2-4,7-8H2,1H3. The number of halogens is 2. The molecule has 21 heavy (non-hydrogen) atoms. The predicted molar refractivity (Wildman–Crippen MR) is 76.7 cm³/mol. The van der Waals surface area contributed by atoms with E-state index in [1.54, 1.807) is 0 Å². The summed E-state index contributed by atoms with van der Waals surface area (Å²) in [7, 11) is -3.11. The van der Waals surface area contributed by atoms with E-state index in [2.05, 4.69) is 0 Å². The minimum Gasteiger partial charge on any atom is -0.392 e. The van der Waals surface area contributed by atoms with Crippen LogP contribution in [0.15, 0.2) is 18.2 Å². The number of sulfone groups is 1. The quantitative estimate of drug-likeness (QED) is 0.928. The predicted octanol–water partition coefficient (Wildman–Crippen LogP) is 2.47. The molecule has 2 rings (SSSR count). The van der Waals surface area contributed by atoms with E-state index in [1.807, 2.05) is 0 Å². The Bertz CT molecular complexity index is 601. The molecule has 1 saturated carbocycles. The van der Waals surface area contributed by atoms with Crippen molar-refractivity contribution in [3.05, 3.63) is 35.4 Å². The molecular weight excluding hydrogens is 298 g/mol. The molecule has 118 valence electrons. The second-order valence-corrected chi connectivity index (χ2v) is 8.21. The molecule has 0 aromatic heterocycles. The van der Waals surface area contributed by atoms with E-state index < -0.39 is 32.8 Å². The topological polar surface area (TPSA) is 54.4 Å². The average molecular weight is 318 g/mol. The van der Waals surface area contributed by atoms with Gasteiger partial charge in [-0.05, 0) is 36.8 Å². The number of benzene rings is 1. The van der Waals surface area contributed by atoms with Gasteiger partial charge in [0.15, 0.2) is 0 Å². The molecule has 1 aromatic rings. The molecule has 3 unspecified atom stereocenters. The second kappa shape index (κ2) is 6.40. The Hall–Kier alpha value is -1.01. The van der Waals surface area contributed by atoms with Crippen LogP contribution in [0.2, 0.25) is 0 Å². The summed E-state index contributed by atoms with van der Waals surface area (Å²) in [6.45, 7) is 0. The van der Waals surface area contributed by atoms with Gasteiger partial charge >= 0.3 is 0 Å². The van der Waals surface area contributed by atoms with Crippen molar-refractivity contribution in [2.75, 3.05) is 6.26 Å². The van der Waals surface area contributed by atoms with Crippen LogP contribution in [0.25, 0.3) is 0 Å². The summed E-state index contributed by atoms with van der Waals surface area (Å²) in [5.41, 5.74) is 0.255. The maximum Gasteiger partial charge on any atom is 0.150 e. The van der Waals surface area contributed by atoms with E-state index in [9.17, 15) is 22.3 Å². The molecule has 3 nitrogen and oxygen atoms in total. The van der Waals surface area contributed by atoms with Gasteiger partial charge in [0.2, 0.25) is 0 Å². The van der Waals surface area contributed by atoms with Crippen LogP contribution in [0.3, 0.4) is 0 Å². The minimum absolute atomic E-state index is 0.0766. The highest BCUT2D eigenvalue weighted by Gasteiger charge is 2.32. The van der Waals surface area contributed by atoms with Gasteiger partial charge in [0.05, 0.1) is 11.4 Å². The summed E-state index contributed by atoms with van der Waals surface area (Å²) >= 11 is 0. The molecule has 0 amide bonds. The summed E-state index contributed by atoms with van der Waals surface area (Å²) < 4.78 is 49.7. The van der Waals surface area contributed by atoms with Crippen LogP contribution < -0.4 is 0 Å². The largest absolute Gasteiger partial charge is 0.392 e. The third kappa shape index (κ3) is 4.23. The smallest absolute Gasteiger partial charge is 0.150 e.